The lowest BCUT2D eigenvalue weighted by molar-refractivity contribution is -0.00644. The van der Waals surface area contributed by atoms with E-state index in [0.29, 0.717) is 19.5 Å². The minimum Gasteiger partial charge on any atom is -0.387 e. The van der Waals surface area contributed by atoms with Gasteiger partial charge in [-0.25, -0.2) is 9.50 Å². The van der Waals surface area contributed by atoms with E-state index in [-0.39, 0.29) is 0 Å². The summed E-state index contributed by atoms with van der Waals surface area (Å²) in [7, 11) is 0. The van der Waals surface area contributed by atoms with Crippen LogP contribution >= 0.6 is 0 Å². The van der Waals surface area contributed by atoms with E-state index in [0.717, 1.165) is 41.1 Å². The molecule has 0 spiro atoms. The predicted octanol–water partition coefficient (Wildman–Crippen LogP) is 3.24. The number of benzene rings is 1. The Bertz CT molecular complexity index is 1010. The van der Waals surface area contributed by atoms with E-state index in [4.69, 9.17) is 10.1 Å². The number of hydrogen-bond acceptors (Lipinski definition) is 4. The van der Waals surface area contributed by atoms with Gasteiger partial charge in [0, 0.05) is 36.5 Å². The Kier molecular flexibility index (Phi) is 5.04. The van der Waals surface area contributed by atoms with Crippen molar-refractivity contribution in [3.63, 3.8) is 0 Å². The molecule has 3 heterocycles. The largest absolute Gasteiger partial charge is 0.387 e. The first-order valence-corrected chi connectivity index (χ1v) is 10.0. The molecule has 3 aromatic rings. The van der Waals surface area contributed by atoms with E-state index in [1.54, 1.807) is 0 Å². The second-order valence-electron chi connectivity index (χ2n) is 7.91. The first-order chi connectivity index (χ1) is 13.5. The van der Waals surface area contributed by atoms with Gasteiger partial charge in [-0.05, 0) is 43.9 Å². The van der Waals surface area contributed by atoms with Gasteiger partial charge in [0.15, 0.2) is 5.65 Å². The molecule has 2 N–H and O–H groups in total. The molecule has 0 aliphatic carbocycles. The lowest BCUT2D eigenvalue weighted by Gasteiger charge is -2.36. The summed E-state index contributed by atoms with van der Waals surface area (Å²) in [5.74, 6) is 0. The Balaban J connectivity index is 1.53. The van der Waals surface area contributed by atoms with Crippen molar-refractivity contribution in [3.8, 4) is 0 Å². The monoisotopic (exact) mass is 376 g/mol. The summed E-state index contributed by atoms with van der Waals surface area (Å²) < 4.78 is 1.97. The maximum Gasteiger partial charge on any atom is 0.159 e. The molecular formula is C23H28N4O. The molecule has 1 aromatic carbocycles. The molecule has 5 heteroatoms. The van der Waals surface area contributed by atoms with Crippen molar-refractivity contribution in [1.29, 1.82) is 0 Å². The molecule has 28 heavy (non-hydrogen) atoms. The van der Waals surface area contributed by atoms with Gasteiger partial charge < -0.3 is 10.4 Å². The van der Waals surface area contributed by atoms with Crippen LogP contribution in [0.4, 0.5) is 0 Å². The summed E-state index contributed by atoms with van der Waals surface area (Å²) in [5, 5.41) is 18.0. The van der Waals surface area contributed by atoms with Crippen molar-refractivity contribution in [1.82, 2.24) is 19.9 Å². The number of aliphatic hydroxyl groups is 1. The molecule has 5 nitrogen and oxygen atoms in total. The van der Waals surface area contributed by atoms with Gasteiger partial charge in [-0.3, -0.25) is 0 Å². The number of nitrogens with one attached hydrogen (secondary N) is 1. The van der Waals surface area contributed by atoms with Gasteiger partial charge in [-0.15, -0.1) is 0 Å². The maximum atomic E-state index is 10.1. The van der Waals surface area contributed by atoms with Crippen molar-refractivity contribution >= 4 is 11.7 Å². The zero-order chi connectivity index (χ0) is 19.7. The average molecular weight is 377 g/mol. The number of aromatic nitrogens is 3. The van der Waals surface area contributed by atoms with Crippen molar-refractivity contribution in [2.45, 2.75) is 45.6 Å². The third-order valence-corrected chi connectivity index (χ3v) is 5.49. The quantitative estimate of drug-likeness (QED) is 0.693. The van der Waals surface area contributed by atoms with Crippen molar-refractivity contribution < 1.29 is 5.11 Å². The van der Waals surface area contributed by atoms with Crippen molar-refractivity contribution in [3.05, 3.63) is 70.2 Å². The highest BCUT2D eigenvalue weighted by Crippen LogP contribution is 2.22. The highest BCUT2D eigenvalue weighted by Gasteiger charge is 2.32. The van der Waals surface area contributed by atoms with Crippen LogP contribution in [0.2, 0.25) is 0 Å². The summed E-state index contributed by atoms with van der Waals surface area (Å²) in [6.07, 6.45) is 6.56. The van der Waals surface area contributed by atoms with Gasteiger partial charge >= 0.3 is 0 Å². The smallest absolute Gasteiger partial charge is 0.159 e. The first-order valence-electron chi connectivity index (χ1n) is 10.0. The minimum absolute atomic E-state index is 0.556. The summed E-state index contributed by atoms with van der Waals surface area (Å²) in [6.45, 7) is 7.63. The summed E-state index contributed by atoms with van der Waals surface area (Å²) in [5.41, 5.74) is 7.31. The topological polar surface area (TPSA) is 62.5 Å². The van der Waals surface area contributed by atoms with E-state index in [1.807, 2.05) is 11.4 Å². The lowest BCUT2D eigenvalue weighted by atomic mass is 9.93. The normalized spacial score (nSPS) is 16.0. The molecule has 1 saturated heterocycles. The zero-order valence-electron chi connectivity index (χ0n) is 16.9. The zero-order valence-corrected chi connectivity index (χ0v) is 16.9. The van der Waals surface area contributed by atoms with E-state index < -0.39 is 5.60 Å². The predicted molar refractivity (Wildman–Crippen MR) is 113 cm³/mol. The molecule has 2 aromatic heterocycles. The van der Waals surface area contributed by atoms with Crippen LogP contribution in [0.1, 0.15) is 47.1 Å². The molecule has 0 radical (unpaired) electrons. The van der Waals surface area contributed by atoms with Gasteiger partial charge in [0.2, 0.25) is 0 Å². The van der Waals surface area contributed by atoms with Crippen LogP contribution in [0.3, 0.4) is 0 Å². The Morgan fingerprint density at radius 3 is 2.61 bits per heavy atom. The summed E-state index contributed by atoms with van der Waals surface area (Å²) in [4.78, 5) is 4.76. The Morgan fingerprint density at radius 2 is 1.96 bits per heavy atom. The fourth-order valence-electron chi connectivity index (χ4n) is 3.80. The molecular weight excluding hydrogens is 348 g/mol. The van der Waals surface area contributed by atoms with Crippen molar-refractivity contribution in [2.24, 2.45) is 0 Å². The van der Waals surface area contributed by atoms with Gasteiger partial charge in [-0.2, -0.15) is 5.10 Å². The van der Waals surface area contributed by atoms with Gasteiger partial charge in [-0.1, -0.05) is 43.3 Å². The Morgan fingerprint density at radius 1 is 1.21 bits per heavy atom. The third kappa shape index (κ3) is 3.73. The van der Waals surface area contributed by atoms with E-state index in [9.17, 15) is 5.11 Å². The second kappa shape index (κ2) is 7.49. The highest BCUT2D eigenvalue weighted by atomic mass is 16.3. The molecule has 146 valence electrons. The standard InChI is InChI=1S/C23H28N4O/c1-4-21-20(22-25-16(2)12-17(3)27(22)26-21)13-19-9-7-18(8-10-19)6-5-11-23(28)14-24-15-23/h5-10,12,24,28H,4,11,13-15H2,1-3H3. The van der Waals surface area contributed by atoms with Crippen LogP contribution in [0, 0.1) is 13.8 Å². The second-order valence-corrected chi connectivity index (χ2v) is 7.91. The lowest BCUT2D eigenvalue weighted by Crippen LogP contribution is -2.59. The van der Waals surface area contributed by atoms with E-state index >= 15 is 0 Å². The number of aryl methyl sites for hydroxylation is 3. The van der Waals surface area contributed by atoms with Crippen LogP contribution in [-0.2, 0) is 12.8 Å². The molecule has 1 fully saturated rings. The van der Waals surface area contributed by atoms with Crippen LogP contribution in [0.5, 0.6) is 0 Å². The molecule has 1 aliphatic heterocycles. The molecule has 1 aliphatic rings. The minimum atomic E-state index is -0.556. The molecule has 0 unspecified atom stereocenters. The molecule has 0 bridgehead atoms. The molecule has 0 atom stereocenters. The summed E-state index contributed by atoms with van der Waals surface area (Å²) >= 11 is 0. The fraction of sp³-hybridized carbons (Fsp3) is 0.391. The fourth-order valence-corrected chi connectivity index (χ4v) is 3.80. The number of hydrogen-bond donors (Lipinski definition) is 2. The molecule has 4 rings (SSSR count). The summed E-state index contributed by atoms with van der Waals surface area (Å²) in [6, 6.07) is 10.7. The van der Waals surface area contributed by atoms with Gasteiger partial charge in [0.05, 0.1) is 11.3 Å². The third-order valence-electron chi connectivity index (χ3n) is 5.49. The number of fused-ring (bicyclic) bond motifs is 1. The SMILES string of the molecule is CCc1nn2c(C)cc(C)nc2c1Cc1ccc(C=CCC2(O)CNC2)cc1. The van der Waals surface area contributed by atoms with Crippen LogP contribution < -0.4 is 5.32 Å². The van der Waals surface area contributed by atoms with E-state index in [1.165, 1.54) is 11.1 Å². The van der Waals surface area contributed by atoms with Crippen LogP contribution in [0.25, 0.3) is 11.7 Å². The number of rotatable bonds is 6. The Hall–Kier alpha value is -2.50. The molecule has 0 amide bonds. The first kappa shape index (κ1) is 18.8. The number of nitrogens with zero attached hydrogens (tertiary/aromatic N) is 3. The van der Waals surface area contributed by atoms with E-state index in [2.05, 4.69) is 61.6 Å². The number of β-amino-alcohol motifs (C(OH)–C–C–N with tert-alkyl or cyclic N) is 1. The van der Waals surface area contributed by atoms with Crippen LogP contribution in [-0.4, -0.2) is 38.4 Å². The van der Waals surface area contributed by atoms with Gasteiger partial charge in [0.25, 0.3) is 0 Å². The highest BCUT2D eigenvalue weighted by molar-refractivity contribution is 5.55. The Labute approximate surface area is 166 Å². The molecule has 0 saturated carbocycles. The average Bonchev–Trinajstić information content (AvgIpc) is 3.00. The van der Waals surface area contributed by atoms with Gasteiger partial charge in [0.1, 0.15) is 0 Å². The van der Waals surface area contributed by atoms with Crippen molar-refractivity contribution in [2.75, 3.05) is 13.1 Å². The maximum absolute atomic E-state index is 10.1. The van der Waals surface area contributed by atoms with Crippen LogP contribution in [0.15, 0.2) is 36.4 Å².